The number of carbonyl (C=O) groups excluding carboxylic acids is 3. The van der Waals surface area contributed by atoms with Crippen LogP contribution in [-0.4, -0.2) is 84.8 Å². The highest BCUT2D eigenvalue weighted by atomic mass is 32.2. The summed E-state index contributed by atoms with van der Waals surface area (Å²) < 4.78 is -0.717. The summed E-state index contributed by atoms with van der Waals surface area (Å²) in [6.07, 6.45) is 6.24. The van der Waals surface area contributed by atoms with Crippen molar-refractivity contribution in [1.82, 2.24) is 14.7 Å². The van der Waals surface area contributed by atoms with Gasteiger partial charge in [0, 0.05) is 30.4 Å². The van der Waals surface area contributed by atoms with Gasteiger partial charge in [-0.1, -0.05) is 70.2 Å². The molecule has 236 valence electrons. The molecule has 3 aliphatic heterocycles. The molecule has 1 N–H and O–H groups in total. The lowest BCUT2D eigenvalue weighted by Crippen LogP contribution is -2.61. The molecule has 0 aliphatic carbocycles. The Kier molecular flexibility index (Phi) is 9.92. The maximum Gasteiger partial charge on any atom is 0.247 e. The van der Waals surface area contributed by atoms with Crippen molar-refractivity contribution in [3.63, 3.8) is 0 Å². The average molecular weight is 610 g/mol. The van der Waals surface area contributed by atoms with Crippen LogP contribution >= 0.6 is 11.8 Å². The number of fused-ring (bicyclic) bond motifs is 1. The van der Waals surface area contributed by atoms with Crippen LogP contribution < -0.4 is 0 Å². The summed E-state index contributed by atoms with van der Waals surface area (Å²) in [7, 11) is 0. The van der Waals surface area contributed by atoms with Crippen LogP contribution in [0.1, 0.15) is 72.8 Å². The zero-order valence-electron chi connectivity index (χ0n) is 26.9. The molecule has 1 aromatic carbocycles. The number of aliphatic hydroxyl groups excluding tert-OH is 1. The normalized spacial score (nSPS) is 27.1. The smallest absolute Gasteiger partial charge is 0.247 e. The Hall–Kier alpha value is -2.58. The van der Waals surface area contributed by atoms with Gasteiger partial charge in [0.15, 0.2) is 0 Å². The molecule has 6 atom stereocenters. The largest absolute Gasteiger partial charge is 0.394 e. The van der Waals surface area contributed by atoms with Gasteiger partial charge in [0.1, 0.15) is 6.04 Å². The number of hydrogen-bond acceptors (Lipinski definition) is 5. The number of rotatable bonds is 13. The van der Waals surface area contributed by atoms with Crippen LogP contribution in [0.4, 0.5) is 0 Å². The lowest BCUT2D eigenvalue weighted by atomic mass is 9.70. The first-order chi connectivity index (χ1) is 20.3. The van der Waals surface area contributed by atoms with Crippen molar-refractivity contribution in [1.29, 1.82) is 0 Å². The van der Waals surface area contributed by atoms with Gasteiger partial charge in [0.2, 0.25) is 17.7 Å². The number of thioether (sulfide) groups is 1. The van der Waals surface area contributed by atoms with Gasteiger partial charge in [0.25, 0.3) is 0 Å². The molecule has 0 radical (unpaired) electrons. The monoisotopic (exact) mass is 609 g/mol. The Balaban J connectivity index is 1.77. The van der Waals surface area contributed by atoms with Crippen LogP contribution in [0.15, 0.2) is 55.6 Å². The fourth-order valence-corrected chi connectivity index (χ4v) is 10.4. The Bertz CT molecular complexity index is 1210. The summed E-state index contributed by atoms with van der Waals surface area (Å²) in [4.78, 5) is 49.3. The first-order valence-electron chi connectivity index (χ1n) is 15.7. The van der Waals surface area contributed by atoms with E-state index in [0.717, 1.165) is 18.4 Å². The molecular formula is C35H51N3O4S. The van der Waals surface area contributed by atoms with E-state index in [2.05, 4.69) is 47.8 Å². The van der Waals surface area contributed by atoms with Crippen molar-refractivity contribution in [2.24, 2.45) is 17.3 Å². The first-order valence-corrected chi connectivity index (χ1v) is 16.6. The number of carbonyl (C=O) groups is 3. The lowest BCUT2D eigenvalue weighted by Gasteiger charge is -2.46. The molecule has 4 rings (SSSR count). The molecule has 1 spiro atoms. The maximum atomic E-state index is 14.9. The van der Waals surface area contributed by atoms with Crippen LogP contribution in [0.5, 0.6) is 0 Å². The molecule has 3 heterocycles. The summed E-state index contributed by atoms with van der Waals surface area (Å²) in [6, 6.07) is 8.61. The van der Waals surface area contributed by atoms with E-state index in [4.69, 9.17) is 0 Å². The molecule has 0 aromatic heterocycles. The highest BCUT2D eigenvalue weighted by Gasteiger charge is 2.74. The third-order valence-corrected chi connectivity index (χ3v) is 11.4. The zero-order chi connectivity index (χ0) is 31.7. The Labute approximate surface area is 262 Å². The molecule has 1 aromatic rings. The number of benzene rings is 1. The van der Waals surface area contributed by atoms with E-state index in [1.165, 1.54) is 0 Å². The van der Waals surface area contributed by atoms with Gasteiger partial charge in [-0.3, -0.25) is 14.4 Å². The van der Waals surface area contributed by atoms with Gasteiger partial charge >= 0.3 is 0 Å². The molecule has 2 bridgehead atoms. The Morgan fingerprint density at radius 2 is 1.77 bits per heavy atom. The van der Waals surface area contributed by atoms with Crippen molar-refractivity contribution in [2.45, 2.75) is 101 Å². The first kappa shape index (κ1) is 33.3. The highest BCUT2D eigenvalue weighted by Crippen LogP contribution is 2.67. The van der Waals surface area contributed by atoms with E-state index in [9.17, 15) is 19.5 Å². The fourth-order valence-electron chi connectivity index (χ4n) is 8.17. The van der Waals surface area contributed by atoms with E-state index >= 15 is 0 Å². The standard InChI is InChI=1S/C35H51N3O4S/c1-9-19-36(21-24-15-13-12-14-16-24)30(40)27-26-17-18-35(43-26)28(27)31(41)38(25(11-3)22-39)29(35)32(42)37(20-10-2)34(7,8)23-33(4,5)6/h9-10,12-16,25-29,39H,1-2,11,17-23H2,3-8H3/t25-,26+,27-,28-,29?,35?/m0/s1. The summed E-state index contributed by atoms with van der Waals surface area (Å²) in [5.41, 5.74) is 0.488. The predicted octanol–water partition coefficient (Wildman–Crippen LogP) is 5.29. The molecule has 7 nitrogen and oxygen atoms in total. The second kappa shape index (κ2) is 12.8. The summed E-state index contributed by atoms with van der Waals surface area (Å²) in [5.74, 6) is -1.47. The van der Waals surface area contributed by atoms with E-state index < -0.39 is 34.2 Å². The van der Waals surface area contributed by atoms with Crippen molar-refractivity contribution in [2.75, 3.05) is 19.7 Å². The van der Waals surface area contributed by atoms with Gasteiger partial charge < -0.3 is 19.8 Å². The lowest BCUT2D eigenvalue weighted by molar-refractivity contribution is -0.149. The van der Waals surface area contributed by atoms with Crippen LogP contribution in [0, 0.1) is 17.3 Å². The molecule has 3 fully saturated rings. The molecule has 43 heavy (non-hydrogen) atoms. The zero-order valence-corrected chi connectivity index (χ0v) is 27.7. The Morgan fingerprint density at radius 3 is 2.33 bits per heavy atom. The minimum absolute atomic E-state index is 0.0301. The fraction of sp³-hybridized carbons (Fsp3) is 0.629. The molecule has 3 saturated heterocycles. The quantitative estimate of drug-likeness (QED) is 0.308. The second-order valence-electron chi connectivity index (χ2n) is 14.3. The third-order valence-electron chi connectivity index (χ3n) is 9.48. The van der Waals surface area contributed by atoms with E-state index in [1.54, 1.807) is 33.7 Å². The topological polar surface area (TPSA) is 81.2 Å². The Morgan fingerprint density at radius 1 is 1.12 bits per heavy atom. The van der Waals surface area contributed by atoms with Gasteiger partial charge in [-0.15, -0.1) is 24.9 Å². The molecule has 0 saturated carbocycles. The van der Waals surface area contributed by atoms with Crippen molar-refractivity contribution in [3.8, 4) is 0 Å². The highest BCUT2D eigenvalue weighted by molar-refractivity contribution is 8.02. The maximum absolute atomic E-state index is 14.9. The molecule has 8 heteroatoms. The van der Waals surface area contributed by atoms with E-state index in [1.807, 2.05) is 42.2 Å². The van der Waals surface area contributed by atoms with Gasteiger partial charge in [0.05, 0.1) is 29.2 Å². The van der Waals surface area contributed by atoms with Crippen LogP contribution in [-0.2, 0) is 20.9 Å². The summed E-state index contributed by atoms with van der Waals surface area (Å²) >= 11 is 1.68. The number of likely N-dealkylation sites (tertiary alicyclic amines) is 1. The third kappa shape index (κ3) is 6.19. The summed E-state index contributed by atoms with van der Waals surface area (Å²) in [6.45, 7) is 21.4. The molecule has 2 unspecified atom stereocenters. The average Bonchev–Trinajstić information content (AvgIpc) is 3.58. The predicted molar refractivity (Wildman–Crippen MR) is 174 cm³/mol. The van der Waals surface area contributed by atoms with Crippen molar-refractivity contribution < 1.29 is 19.5 Å². The molecule has 3 aliphatic rings. The number of aliphatic hydroxyl groups is 1. The van der Waals surface area contributed by atoms with E-state index in [0.29, 0.717) is 32.5 Å². The number of hydrogen-bond donors (Lipinski definition) is 1. The van der Waals surface area contributed by atoms with Crippen LogP contribution in [0.3, 0.4) is 0 Å². The SMILES string of the molecule is C=CCN(Cc1ccccc1)C(=O)[C@@H]1[C@H]2C(=O)N([C@@H](CC)CO)C(C(=O)N(CC=C)C(C)(C)CC(C)(C)C)C23CC[C@H]1S3. The van der Waals surface area contributed by atoms with Gasteiger partial charge in [-0.25, -0.2) is 0 Å². The minimum atomic E-state index is -0.754. The minimum Gasteiger partial charge on any atom is -0.394 e. The van der Waals surface area contributed by atoms with Crippen LogP contribution in [0.25, 0.3) is 0 Å². The molecular weight excluding hydrogens is 558 g/mol. The van der Waals surface area contributed by atoms with Gasteiger partial charge in [-0.05, 0) is 50.5 Å². The van der Waals surface area contributed by atoms with Gasteiger partial charge in [-0.2, -0.15) is 0 Å². The molecule has 3 amide bonds. The van der Waals surface area contributed by atoms with Crippen LogP contribution in [0.2, 0.25) is 0 Å². The second-order valence-corrected chi connectivity index (χ2v) is 15.9. The summed E-state index contributed by atoms with van der Waals surface area (Å²) in [5, 5.41) is 10.4. The number of amides is 3. The van der Waals surface area contributed by atoms with Crippen molar-refractivity contribution >= 4 is 29.5 Å². The van der Waals surface area contributed by atoms with Crippen molar-refractivity contribution in [3.05, 3.63) is 61.2 Å². The number of nitrogens with zero attached hydrogens (tertiary/aromatic N) is 3. The van der Waals surface area contributed by atoms with E-state index in [-0.39, 0.29) is 35.0 Å².